The first-order chi connectivity index (χ1) is 11.6. The van der Waals surface area contributed by atoms with Crippen molar-refractivity contribution in [3.8, 4) is 17.2 Å². The highest BCUT2D eigenvalue weighted by Gasteiger charge is 2.48. The van der Waals surface area contributed by atoms with Crippen molar-refractivity contribution in [1.82, 2.24) is 0 Å². The van der Waals surface area contributed by atoms with Crippen LogP contribution in [0.3, 0.4) is 0 Å². The summed E-state index contributed by atoms with van der Waals surface area (Å²) < 4.78 is 15.6. The second-order valence-electron chi connectivity index (χ2n) is 5.44. The molecule has 1 aliphatic heterocycles. The van der Waals surface area contributed by atoms with E-state index in [0.717, 1.165) is 5.56 Å². The molecule has 2 aromatic rings. The van der Waals surface area contributed by atoms with Gasteiger partial charge < -0.3 is 19.3 Å². The molecule has 1 amide bonds. The third kappa shape index (κ3) is 2.65. The fourth-order valence-corrected chi connectivity index (χ4v) is 2.83. The van der Waals surface area contributed by atoms with E-state index in [1.807, 2.05) is 12.1 Å². The van der Waals surface area contributed by atoms with Crippen LogP contribution in [0.4, 0.5) is 5.69 Å². The lowest BCUT2D eigenvalue weighted by atomic mass is 9.90. The van der Waals surface area contributed by atoms with Gasteiger partial charge >= 0.3 is 0 Å². The first-order valence-corrected chi connectivity index (χ1v) is 7.47. The van der Waals surface area contributed by atoms with E-state index in [1.165, 1.54) is 4.90 Å². The summed E-state index contributed by atoms with van der Waals surface area (Å²) in [6.07, 6.45) is -1.07. The molecule has 3 rings (SSSR count). The van der Waals surface area contributed by atoms with E-state index in [2.05, 4.69) is 0 Å². The molecule has 126 valence electrons. The van der Waals surface area contributed by atoms with Gasteiger partial charge in [0.25, 0.3) is 5.91 Å². The summed E-state index contributed by atoms with van der Waals surface area (Å²) in [4.78, 5) is 13.8. The van der Waals surface area contributed by atoms with Crippen LogP contribution >= 0.6 is 0 Å². The molecule has 2 atom stereocenters. The van der Waals surface area contributed by atoms with Gasteiger partial charge in [0.15, 0.2) is 6.10 Å². The summed E-state index contributed by atoms with van der Waals surface area (Å²) in [6.45, 7) is 0. The van der Waals surface area contributed by atoms with Crippen LogP contribution in [0.15, 0.2) is 42.5 Å². The maximum Gasteiger partial charge on any atom is 0.259 e. The molecule has 0 bridgehead atoms. The Balaban J connectivity index is 1.97. The van der Waals surface area contributed by atoms with Gasteiger partial charge in [-0.15, -0.1) is 0 Å². The molecule has 0 saturated carbocycles. The highest BCUT2D eigenvalue weighted by atomic mass is 16.5. The SMILES string of the molecule is COc1ccc(C2C(O)C(=O)N2c2cc(OC)cc(OC)c2)cc1. The van der Waals surface area contributed by atoms with Crippen LogP contribution in [0.1, 0.15) is 11.6 Å². The molecule has 0 radical (unpaired) electrons. The first kappa shape index (κ1) is 16.1. The molecule has 2 aromatic carbocycles. The Bertz CT molecular complexity index is 721. The molecular weight excluding hydrogens is 310 g/mol. The Labute approximate surface area is 140 Å². The van der Waals surface area contributed by atoms with Crippen LogP contribution in [0, 0.1) is 0 Å². The van der Waals surface area contributed by atoms with E-state index in [1.54, 1.807) is 51.7 Å². The predicted octanol–water partition coefficient (Wildman–Crippen LogP) is 2.16. The maximum atomic E-state index is 12.2. The van der Waals surface area contributed by atoms with Gasteiger partial charge in [-0.25, -0.2) is 0 Å². The van der Waals surface area contributed by atoms with Crippen molar-refractivity contribution in [3.05, 3.63) is 48.0 Å². The van der Waals surface area contributed by atoms with Crippen molar-refractivity contribution in [2.24, 2.45) is 0 Å². The molecule has 2 unspecified atom stereocenters. The van der Waals surface area contributed by atoms with E-state index < -0.39 is 12.1 Å². The van der Waals surface area contributed by atoms with Crippen molar-refractivity contribution >= 4 is 11.6 Å². The number of anilines is 1. The number of nitrogens with zero attached hydrogens (tertiary/aromatic N) is 1. The normalized spacial score (nSPS) is 19.7. The lowest BCUT2D eigenvalue weighted by molar-refractivity contribution is -0.137. The van der Waals surface area contributed by atoms with Crippen molar-refractivity contribution in [3.63, 3.8) is 0 Å². The Morgan fingerprint density at radius 2 is 1.42 bits per heavy atom. The Morgan fingerprint density at radius 3 is 1.92 bits per heavy atom. The molecule has 1 heterocycles. The minimum atomic E-state index is -1.07. The van der Waals surface area contributed by atoms with Crippen molar-refractivity contribution in [2.45, 2.75) is 12.1 Å². The van der Waals surface area contributed by atoms with Crippen LogP contribution in [-0.4, -0.2) is 38.4 Å². The monoisotopic (exact) mass is 329 g/mol. The second kappa shape index (κ2) is 6.41. The minimum absolute atomic E-state index is 0.355. The number of amides is 1. The number of benzene rings is 2. The maximum absolute atomic E-state index is 12.2. The van der Waals surface area contributed by atoms with Crippen LogP contribution in [-0.2, 0) is 4.79 Å². The van der Waals surface area contributed by atoms with Crippen molar-refractivity contribution in [2.75, 3.05) is 26.2 Å². The van der Waals surface area contributed by atoms with Crippen LogP contribution < -0.4 is 19.1 Å². The lowest BCUT2D eigenvalue weighted by Gasteiger charge is -2.44. The van der Waals surface area contributed by atoms with Crippen molar-refractivity contribution in [1.29, 1.82) is 0 Å². The summed E-state index contributed by atoms with van der Waals surface area (Å²) in [5.74, 6) is 1.51. The quantitative estimate of drug-likeness (QED) is 0.852. The Kier molecular flexibility index (Phi) is 4.31. The van der Waals surface area contributed by atoms with Crippen LogP contribution in [0.25, 0.3) is 0 Å². The lowest BCUT2D eigenvalue weighted by Crippen LogP contribution is -2.59. The zero-order chi connectivity index (χ0) is 17.3. The number of aliphatic hydroxyl groups excluding tert-OH is 1. The van der Waals surface area contributed by atoms with Gasteiger partial charge in [0, 0.05) is 18.2 Å². The fraction of sp³-hybridized carbons (Fsp3) is 0.278. The molecule has 1 saturated heterocycles. The molecule has 0 aliphatic carbocycles. The summed E-state index contributed by atoms with van der Waals surface area (Å²) in [5.41, 5.74) is 1.44. The number of hydrogen-bond donors (Lipinski definition) is 1. The van der Waals surface area contributed by atoms with E-state index in [-0.39, 0.29) is 5.91 Å². The van der Waals surface area contributed by atoms with Gasteiger partial charge in [0.05, 0.1) is 33.1 Å². The third-order valence-corrected chi connectivity index (χ3v) is 4.14. The largest absolute Gasteiger partial charge is 0.497 e. The molecule has 6 nitrogen and oxygen atoms in total. The second-order valence-corrected chi connectivity index (χ2v) is 5.44. The first-order valence-electron chi connectivity index (χ1n) is 7.47. The molecule has 1 N–H and O–H groups in total. The van der Waals surface area contributed by atoms with E-state index in [9.17, 15) is 9.90 Å². The third-order valence-electron chi connectivity index (χ3n) is 4.14. The van der Waals surface area contributed by atoms with Gasteiger partial charge in [-0.1, -0.05) is 12.1 Å². The molecule has 0 spiro atoms. The molecule has 24 heavy (non-hydrogen) atoms. The molecule has 1 fully saturated rings. The van der Waals surface area contributed by atoms with Crippen LogP contribution in [0.2, 0.25) is 0 Å². The summed E-state index contributed by atoms with van der Waals surface area (Å²) in [6, 6.07) is 12.0. The number of ether oxygens (including phenoxy) is 3. The van der Waals surface area contributed by atoms with Crippen LogP contribution in [0.5, 0.6) is 17.2 Å². The number of carbonyl (C=O) groups is 1. The molecule has 1 aliphatic rings. The molecular formula is C18H19NO5. The predicted molar refractivity (Wildman–Crippen MR) is 88.8 cm³/mol. The number of aliphatic hydroxyl groups is 1. The number of β-lactam (4-membered cyclic amide) rings is 1. The Morgan fingerprint density at radius 1 is 0.875 bits per heavy atom. The summed E-state index contributed by atoms with van der Waals surface area (Å²) in [7, 11) is 4.68. The number of rotatable bonds is 5. The van der Waals surface area contributed by atoms with E-state index in [0.29, 0.717) is 22.9 Å². The zero-order valence-corrected chi connectivity index (χ0v) is 13.7. The van der Waals surface area contributed by atoms with Gasteiger partial charge in [0.1, 0.15) is 17.2 Å². The van der Waals surface area contributed by atoms with E-state index >= 15 is 0 Å². The van der Waals surface area contributed by atoms with Gasteiger partial charge in [-0.3, -0.25) is 9.69 Å². The number of carbonyl (C=O) groups excluding carboxylic acids is 1. The topological polar surface area (TPSA) is 68.2 Å². The number of hydrogen-bond acceptors (Lipinski definition) is 5. The van der Waals surface area contributed by atoms with Gasteiger partial charge in [0.2, 0.25) is 0 Å². The molecule has 0 aromatic heterocycles. The molecule has 6 heteroatoms. The Hall–Kier alpha value is -2.73. The standard InChI is InChI=1S/C18H19NO5/c1-22-13-6-4-11(5-7-13)16-17(20)18(21)19(16)12-8-14(23-2)10-15(9-12)24-3/h4-10,16-17,20H,1-3H3. The van der Waals surface area contributed by atoms with Gasteiger partial charge in [-0.05, 0) is 17.7 Å². The van der Waals surface area contributed by atoms with E-state index in [4.69, 9.17) is 14.2 Å². The summed E-state index contributed by atoms with van der Waals surface area (Å²) >= 11 is 0. The summed E-state index contributed by atoms with van der Waals surface area (Å²) in [5, 5.41) is 10.2. The smallest absolute Gasteiger partial charge is 0.259 e. The number of methoxy groups -OCH3 is 3. The fourth-order valence-electron chi connectivity index (χ4n) is 2.83. The highest BCUT2D eigenvalue weighted by molar-refractivity contribution is 6.05. The zero-order valence-electron chi connectivity index (χ0n) is 13.7. The average Bonchev–Trinajstić information content (AvgIpc) is 2.64. The average molecular weight is 329 g/mol. The van der Waals surface area contributed by atoms with Gasteiger partial charge in [-0.2, -0.15) is 0 Å². The van der Waals surface area contributed by atoms with Crippen molar-refractivity contribution < 1.29 is 24.1 Å². The highest BCUT2D eigenvalue weighted by Crippen LogP contribution is 2.42. The minimum Gasteiger partial charge on any atom is -0.497 e.